The Kier molecular flexibility index (Phi) is 5.14. The summed E-state index contributed by atoms with van der Waals surface area (Å²) in [4.78, 5) is 26.3. The van der Waals surface area contributed by atoms with Crippen molar-refractivity contribution in [3.63, 3.8) is 0 Å². The SMILES string of the molecule is COc1cc2ncnc(Nc3ccc(OP(O)O)cc3)c2cc1OC. The van der Waals surface area contributed by atoms with E-state index < -0.39 is 8.60 Å². The number of nitrogens with one attached hydrogen (secondary N) is 1. The number of anilines is 2. The molecule has 0 aliphatic rings. The number of ether oxygens (including phenoxy) is 2. The number of fused-ring (bicyclic) bond motifs is 1. The summed E-state index contributed by atoms with van der Waals surface area (Å²) in [7, 11) is 0.698. The molecule has 1 aromatic heterocycles. The van der Waals surface area contributed by atoms with Gasteiger partial charge in [0.1, 0.15) is 17.9 Å². The Morgan fingerprint density at radius 2 is 1.64 bits per heavy atom. The first-order chi connectivity index (χ1) is 12.1. The van der Waals surface area contributed by atoms with Gasteiger partial charge >= 0.3 is 8.60 Å². The van der Waals surface area contributed by atoms with E-state index in [4.69, 9.17) is 23.8 Å². The number of nitrogens with zero attached hydrogens (tertiary/aromatic N) is 2. The van der Waals surface area contributed by atoms with Gasteiger partial charge in [0.15, 0.2) is 11.5 Å². The molecule has 3 N–H and O–H groups in total. The fourth-order valence-corrected chi connectivity index (χ4v) is 2.62. The van der Waals surface area contributed by atoms with Crippen LogP contribution >= 0.6 is 8.60 Å². The standard InChI is InChI=1S/C16H16N3O5P/c1-22-14-7-12-13(8-15(14)23-2)17-9-18-16(12)19-10-3-5-11(6-4-10)24-25(20)21/h3-9,20-21H,1-2H3,(H,17,18,19). The number of aromatic nitrogens is 2. The maximum atomic E-state index is 8.86. The molecule has 9 heteroatoms. The van der Waals surface area contributed by atoms with Crippen LogP contribution in [-0.2, 0) is 0 Å². The molecule has 0 aliphatic carbocycles. The molecule has 3 aromatic rings. The average Bonchev–Trinajstić information content (AvgIpc) is 2.62. The van der Waals surface area contributed by atoms with Crippen LogP contribution in [0.5, 0.6) is 17.2 Å². The quantitative estimate of drug-likeness (QED) is 0.576. The Balaban J connectivity index is 1.93. The largest absolute Gasteiger partial charge is 0.493 e. The third kappa shape index (κ3) is 3.88. The Bertz CT molecular complexity index is 874. The van der Waals surface area contributed by atoms with Crippen molar-refractivity contribution in [1.82, 2.24) is 9.97 Å². The summed E-state index contributed by atoms with van der Waals surface area (Å²) in [6.07, 6.45) is 1.46. The van der Waals surface area contributed by atoms with Crippen LogP contribution in [0.2, 0.25) is 0 Å². The molecule has 1 heterocycles. The third-order valence-corrected chi connectivity index (χ3v) is 3.82. The van der Waals surface area contributed by atoms with Gasteiger partial charge in [0.25, 0.3) is 0 Å². The summed E-state index contributed by atoms with van der Waals surface area (Å²) in [5, 5.41) is 3.97. The fraction of sp³-hybridized carbons (Fsp3) is 0.125. The highest BCUT2D eigenvalue weighted by atomic mass is 31.2. The van der Waals surface area contributed by atoms with Crippen LogP contribution in [0.4, 0.5) is 11.5 Å². The molecule has 3 rings (SSSR count). The lowest BCUT2D eigenvalue weighted by Crippen LogP contribution is -1.98. The smallest absolute Gasteiger partial charge is 0.391 e. The molecule has 130 valence electrons. The van der Waals surface area contributed by atoms with E-state index in [1.807, 2.05) is 0 Å². The summed E-state index contributed by atoms with van der Waals surface area (Å²) in [6.45, 7) is 0. The molecule has 0 saturated heterocycles. The molecule has 0 unspecified atom stereocenters. The first kappa shape index (κ1) is 17.2. The number of benzene rings is 2. The lowest BCUT2D eigenvalue weighted by atomic mass is 10.2. The zero-order valence-corrected chi connectivity index (χ0v) is 14.4. The van der Waals surface area contributed by atoms with Crippen molar-refractivity contribution in [3.05, 3.63) is 42.7 Å². The predicted octanol–water partition coefficient (Wildman–Crippen LogP) is 2.98. The van der Waals surface area contributed by atoms with Gasteiger partial charge in [0, 0.05) is 17.1 Å². The molecule has 0 radical (unpaired) electrons. The zero-order valence-electron chi connectivity index (χ0n) is 13.5. The van der Waals surface area contributed by atoms with E-state index in [9.17, 15) is 0 Å². The van der Waals surface area contributed by atoms with E-state index in [2.05, 4.69) is 15.3 Å². The van der Waals surface area contributed by atoms with Gasteiger partial charge in [-0.3, -0.25) is 0 Å². The molecule has 25 heavy (non-hydrogen) atoms. The first-order valence-corrected chi connectivity index (χ1v) is 8.37. The number of hydrogen-bond donors (Lipinski definition) is 3. The van der Waals surface area contributed by atoms with E-state index in [0.717, 1.165) is 11.1 Å². The van der Waals surface area contributed by atoms with Gasteiger partial charge in [-0.05, 0) is 30.3 Å². The predicted molar refractivity (Wildman–Crippen MR) is 94.4 cm³/mol. The number of hydrogen-bond acceptors (Lipinski definition) is 8. The van der Waals surface area contributed by atoms with Gasteiger partial charge in [-0.15, -0.1) is 0 Å². The van der Waals surface area contributed by atoms with E-state index in [0.29, 0.717) is 28.6 Å². The van der Waals surface area contributed by atoms with Crippen LogP contribution in [0.1, 0.15) is 0 Å². The maximum Gasteiger partial charge on any atom is 0.391 e. The molecule has 8 nitrogen and oxygen atoms in total. The lowest BCUT2D eigenvalue weighted by molar-refractivity contribution is 0.356. The van der Waals surface area contributed by atoms with E-state index in [-0.39, 0.29) is 0 Å². The van der Waals surface area contributed by atoms with E-state index in [1.165, 1.54) is 6.33 Å². The number of methoxy groups -OCH3 is 2. The summed E-state index contributed by atoms with van der Waals surface area (Å²) >= 11 is 0. The molecule has 0 fully saturated rings. The van der Waals surface area contributed by atoms with Gasteiger partial charge in [0.2, 0.25) is 0 Å². The summed E-state index contributed by atoms with van der Waals surface area (Å²) in [6, 6.07) is 10.3. The van der Waals surface area contributed by atoms with E-state index in [1.54, 1.807) is 50.6 Å². The molecule has 0 spiro atoms. The van der Waals surface area contributed by atoms with Gasteiger partial charge in [0.05, 0.1) is 19.7 Å². The Hall–Kier alpha value is -2.67. The minimum Gasteiger partial charge on any atom is -0.493 e. The van der Waals surface area contributed by atoms with Crippen molar-refractivity contribution >= 4 is 31.0 Å². The third-order valence-electron chi connectivity index (χ3n) is 3.44. The van der Waals surface area contributed by atoms with Crippen LogP contribution in [0.3, 0.4) is 0 Å². The molecule has 0 amide bonds. The fourth-order valence-electron chi connectivity index (χ4n) is 2.31. The molecule has 0 saturated carbocycles. The van der Waals surface area contributed by atoms with Crippen molar-refractivity contribution in [2.45, 2.75) is 0 Å². The van der Waals surface area contributed by atoms with Crippen LogP contribution in [-0.4, -0.2) is 34.0 Å². The minimum atomic E-state index is -2.44. The van der Waals surface area contributed by atoms with Crippen LogP contribution in [0, 0.1) is 0 Å². The lowest BCUT2D eigenvalue weighted by Gasteiger charge is -2.12. The highest BCUT2D eigenvalue weighted by Gasteiger charge is 2.11. The van der Waals surface area contributed by atoms with Crippen molar-refractivity contribution in [2.24, 2.45) is 0 Å². The average molecular weight is 361 g/mol. The Morgan fingerprint density at radius 1 is 0.960 bits per heavy atom. The van der Waals surface area contributed by atoms with Crippen LogP contribution in [0.25, 0.3) is 10.9 Å². The highest BCUT2D eigenvalue weighted by molar-refractivity contribution is 7.39. The minimum absolute atomic E-state index is 0.362. The molecular weight excluding hydrogens is 345 g/mol. The second-order valence-electron chi connectivity index (χ2n) is 4.94. The molecule has 0 bridgehead atoms. The summed E-state index contributed by atoms with van der Waals surface area (Å²) in [5.74, 6) is 2.13. The first-order valence-electron chi connectivity index (χ1n) is 7.20. The summed E-state index contributed by atoms with van der Waals surface area (Å²) < 4.78 is 15.5. The Morgan fingerprint density at radius 3 is 2.28 bits per heavy atom. The second kappa shape index (κ2) is 7.48. The van der Waals surface area contributed by atoms with Crippen LogP contribution < -0.4 is 19.3 Å². The summed E-state index contributed by atoms with van der Waals surface area (Å²) in [5.41, 5.74) is 1.46. The topological polar surface area (TPSA) is 106 Å². The highest BCUT2D eigenvalue weighted by Crippen LogP contribution is 2.35. The van der Waals surface area contributed by atoms with E-state index >= 15 is 0 Å². The molecule has 2 aromatic carbocycles. The molecule has 0 aliphatic heterocycles. The van der Waals surface area contributed by atoms with Crippen molar-refractivity contribution in [2.75, 3.05) is 19.5 Å². The number of rotatable bonds is 6. The van der Waals surface area contributed by atoms with Gasteiger partial charge in [-0.25, -0.2) is 9.97 Å². The molecule has 0 atom stereocenters. The Labute approximate surface area is 145 Å². The normalized spacial score (nSPS) is 10.8. The monoisotopic (exact) mass is 361 g/mol. The van der Waals surface area contributed by atoms with Crippen molar-refractivity contribution in [1.29, 1.82) is 0 Å². The van der Waals surface area contributed by atoms with Gasteiger partial charge in [-0.1, -0.05) is 0 Å². The maximum absolute atomic E-state index is 8.86. The van der Waals surface area contributed by atoms with Crippen molar-refractivity contribution < 1.29 is 23.8 Å². The second-order valence-corrected chi connectivity index (χ2v) is 5.63. The van der Waals surface area contributed by atoms with Gasteiger partial charge in [-0.2, -0.15) is 0 Å². The van der Waals surface area contributed by atoms with Crippen molar-refractivity contribution in [3.8, 4) is 17.2 Å². The van der Waals surface area contributed by atoms with Gasteiger partial charge < -0.3 is 29.1 Å². The molecular formula is C16H16N3O5P. The van der Waals surface area contributed by atoms with Crippen LogP contribution in [0.15, 0.2) is 42.7 Å². The zero-order chi connectivity index (χ0) is 17.8.